The normalized spacial score (nSPS) is 23.5. The molecule has 3 aromatic heterocycles. The minimum absolute atomic E-state index is 0.0505. The van der Waals surface area contributed by atoms with Gasteiger partial charge in [-0.05, 0) is 56.0 Å². The SMILES string of the molecule is CC1(C)O[C@@H]2[C@H](O1)C(CCc1ccc3cc(Cl)c(N)nc3c1)=C[C@H]2n1ccc2c(Cl)ncnc21. The molecule has 6 rings (SSSR count). The number of anilines is 1. The Morgan fingerprint density at radius 2 is 1.94 bits per heavy atom. The van der Waals surface area contributed by atoms with Gasteiger partial charge in [0.2, 0.25) is 0 Å². The Bertz CT molecular complexity index is 1460. The van der Waals surface area contributed by atoms with Crippen molar-refractivity contribution in [2.24, 2.45) is 0 Å². The summed E-state index contributed by atoms with van der Waals surface area (Å²) in [4.78, 5) is 13.0. The van der Waals surface area contributed by atoms with Crippen molar-refractivity contribution in [3.05, 3.63) is 70.2 Å². The standard InChI is InChI=1S/C25H23Cl2N5O2/c1-25(2)33-20-15(6-4-13-3-5-14-10-17(26)23(28)31-18(14)9-13)11-19(21(20)34-25)32-8-7-16-22(27)29-12-30-24(16)32/h3,5,7-12,19-21H,4,6H2,1-2H3,(H2,28,31)/t19-,20-,21+/m1/s1. The fourth-order valence-corrected chi connectivity index (χ4v) is 5.38. The van der Waals surface area contributed by atoms with Crippen LogP contribution in [0.2, 0.25) is 10.2 Å². The first-order valence-corrected chi connectivity index (χ1v) is 11.9. The Hall–Kier alpha value is -2.71. The average molecular weight is 496 g/mol. The van der Waals surface area contributed by atoms with E-state index in [1.54, 1.807) is 0 Å². The van der Waals surface area contributed by atoms with Crippen LogP contribution < -0.4 is 5.73 Å². The summed E-state index contributed by atoms with van der Waals surface area (Å²) in [5, 5.41) is 2.71. The van der Waals surface area contributed by atoms with Gasteiger partial charge in [0.15, 0.2) is 5.79 Å². The van der Waals surface area contributed by atoms with E-state index < -0.39 is 5.79 Å². The average Bonchev–Trinajstić information content (AvgIpc) is 3.45. The molecule has 0 saturated carbocycles. The second kappa shape index (κ2) is 7.92. The van der Waals surface area contributed by atoms with E-state index in [2.05, 4.69) is 37.7 Å². The molecule has 3 atom stereocenters. The molecule has 1 aliphatic carbocycles. The number of aromatic nitrogens is 4. The molecule has 4 aromatic rings. The van der Waals surface area contributed by atoms with Crippen LogP contribution in [0.15, 0.2) is 54.5 Å². The van der Waals surface area contributed by atoms with Gasteiger partial charge in [-0.2, -0.15) is 0 Å². The van der Waals surface area contributed by atoms with Crippen molar-refractivity contribution in [1.82, 2.24) is 19.5 Å². The maximum absolute atomic E-state index is 6.34. The van der Waals surface area contributed by atoms with Crippen LogP contribution in [-0.4, -0.2) is 37.5 Å². The van der Waals surface area contributed by atoms with Crippen molar-refractivity contribution in [1.29, 1.82) is 0 Å². The summed E-state index contributed by atoms with van der Waals surface area (Å²) in [6.07, 6.45) is 7.13. The molecule has 174 valence electrons. The molecule has 34 heavy (non-hydrogen) atoms. The number of fused-ring (bicyclic) bond motifs is 3. The number of nitrogen functional groups attached to an aromatic ring is 1. The summed E-state index contributed by atoms with van der Waals surface area (Å²) in [5.41, 5.74) is 9.91. The number of aryl methyl sites for hydroxylation is 1. The van der Waals surface area contributed by atoms with E-state index in [0.29, 0.717) is 16.0 Å². The summed E-state index contributed by atoms with van der Waals surface area (Å²) in [6, 6.07) is 9.95. The minimum Gasteiger partial charge on any atom is -0.382 e. The van der Waals surface area contributed by atoms with Gasteiger partial charge in [-0.15, -0.1) is 0 Å². The van der Waals surface area contributed by atoms with Gasteiger partial charge < -0.3 is 19.8 Å². The van der Waals surface area contributed by atoms with Gasteiger partial charge >= 0.3 is 0 Å². The van der Waals surface area contributed by atoms with E-state index in [1.807, 2.05) is 38.2 Å². The van der Waals surface area contributed by atoms with Crippen LogP contribution in [0.25, 0.3) is 21.9 Å². The van der Waals surface area contributed by atoms with Gasteiger partial charge in [0, 0.05) is 11.6 Å². The van der Waals surface area contributed by atoms with Gasteiger partial charge in [-0.1, -0.05) is 41.4 Å². The number of pyridine rings is 1. The molecule has 0 unspecified atom stereocenters. The quantitative estimate of drug-likeness (QED) is 0.297. The Labute approximate surface area is 206 Å². The lowest BCUT2D eigenvalue weighted by atomic mass is 10.0. The Balaban J connectivity index is 1.31. The molecule has 1 aromatic carbocycles. The summed E-state index contributed by atoms with van der Waals surface area (Å²) in [6.45, 7) is 3.91. The number of benzene rings is 1. The van der Waals surface area contributed by atoms with Crippen LogP contribution in [0, 0.1) is 0 Å². The van der Waals surface area contributed by atoms with Crippen LogP contribution >= 0.6 is 23.2 Å². The van der Waals surface area contributed by atoms with Gasteiger partial charge in [-0.25, -0.2) is 15.0 Å². The molecule has 2 N–H and O–H groups in total. The van der Waals surface area contributed by atoms with Crippen molar-refractivity contribution >= 4 is 51.0 Å². The molecule has 0 bridgehead atoms. The van der Waals surface area contributed by atoms with Crippen LogP contribution in [-0.2, 0) is 15.9 Å². The zero-order valence-electron chi connectivity index (χ0n) is 18.7. The molecule has 0 radical (unpaired) electrons. The smallest absolute Gasteiger partial charge is 0.164 e. The lowest BCUT2D eigenvalue weighted by Crippen LogP contribution is -2.27. The highest BCUT2D eigenvalue weighted by molar-refractivity contribution is 6.34. The third kappa shape index (κ3) is 3.64. The second-order valence-electron chi connectivity index (χ2n) is 9.26. The summed E-state index contributed by atoms with van der Waals surface area (Å²) >= 11 is 12.4. The monoisotopic (exact) mass is 495 g/mol. The first-order valence-electron chi connectivity index (χ1n) is 11.2. The van der Waals surface area contributed by atoms with Gasteiger partial charge in [0.25, 0.3) is 0 Å². The molecule has 1 fully saturated rings. The third-order valence-electron chi connectivity index (χ3n) is 6.56. The molecule has 0 amide bonds. The number of hydrogen-bond donors (Lipinski definition) is 1. The number of rotatable bonds is 4. The summed E-state index contributed by atoms with van der Waals surface area (Å²) < 4.78 is 14.8. The van der Waals surface area contributed by atoms with Crippen molar-refractivity contribution in [3.63, 3.8) is 0 Å². The lowest BCUT2D eigenvalue weighted by molar-refractivity contribution is -0.147. The first-order chi connectivity index (χ1) is 16.3. The number of halogens is 2. The molecule has 0 spiro atoms. The summed E-state index contributed by atoms with van der Waals surface area (Å²) in [5.74, 6) is -0.316. The van der Waals surface area contributed by atoms with E-state index >= 15 is 0 Å². The van der Waals surface area contributed by atoms with Crippen LogP contribution in [0.1, 0.15) is 31.9 Å². The van der Waals surface area contributed by atoms with Crippen molar-refractivity contribution < 1.29 is 9.47 Å². The minimum atomic E-state index is -0.660. The van der Waals surface area contributed by atoms with Crippen LogP contribution in [0.5, 0.6) is 0 Å². The van der Waals surface area contributed by atoms with E-state index in [1.165, 1.54) is 17.5 Å². The molecule has 7 nitrogen and oxygen atoms in total. The zero-order valence-corrected chi connectivity index (χ0v) is 20.2. The predicted octanol–water partition coefficient (Wildman–Crippen LogP) is 5.50. The van der Waals surface area contributed by atoms with E-state index in [-0.39, 0.29) is 18.2 Å². The molecular weight excluding hydrogens is 473 g/mol. The topological polar surface area (TPSA) is 88.1 Å². The number of nitrogens with two attached hydrogens (primary N) is 1. The largest absolute Gasteiger partial charge is 0.382 e. The maximum atomic E-state index is 6.34. The number of ether oxygens (including phenoxy) is 2. The van der Waals surface area contributed by atoms with Gasteiger partial charge in [0.1, 0.15) is 35.2 Å². The predicted molar refractivity (Wildman–Crippen MR) is 133 cm³/mol. The molecule has 1 aliphatic heterocycles. The van der Waals surface area contributed by atoms with Crippen molar-refractivity contribution in [2.75, 3.05) is 5.73 Å². The first kappa shape index (κ1) is 21.8. The lowest BCUT2D eigenvalue weighted by Gasteiger charge is -2.22. The maximum Gasteiger partial charge on any atom is 0.164 e. The Kier molecular flexibility index (Phi) is 5.08. The summed E-state index contributed by atoms with van der Waals surface area (Å²) in [7, 11) is 0. The second-order valence-corrected chi connectivity index (χ2v) is 10.0. The Morgan fingerprint density at radius 3 is 2.79 bits per heavy atom. The molecular formula is C25H23Cl2N5O2. The number of hydrogen-bond acceptors (Lipinski definition) is 6. The van der Waals surface area contributed by atoms with Gasteiger partial charge in [0.05, 0.1) is 22.0 Å². The molecule has 2 aliphatic rings. The van der Waals surface area contributed by atoms with Crippen LogP contribution in [0.4, 0.5) is 5.82 Å². The highest BCUT2D eigenvalue weighted by Crippen LogP contribution is 2.45. The van der Waals surface area contributed by atoms with Crippen molar-refractivity contribution in [2.45, 2.75) is 50.7 Å². The fourth-order valence-electron chi connectivity index (χ4n) is 5.03. The van der Waals surface area contributed by atoms with Gasteiger partial charge in [-0.3, -0.25) is 0 Å². The van der Waals surface area contributed by atoms with Crippen LogP contribution in [0.3, 0.4) is 0 Å². The highest BCUT2D eigenvalue weighted by Gasteiger charge is 2.50. The van der Waals surface area contributed by atoms with Crippen molar-refractivity contribution in [3.8, 4) is 0 Å². The zero-order chi connectivity index (χ0) is 23.6. The Morgan fingerprint density at radius 1 is 1.09 bits per heavy atom. The molecule has 9 heteroatoms. The van der Waals surface area contributed by atoms with E-state index in [4.69, 9.17) is 38.4 Å². The fraction of sp³-hybridized carbons (Fsp3) is 0.320. The number of nitrogens with zero attached hydrogens (tertiary/aromatic N) is 4. The highest BCUT2D eigenvalue weighted by atomic mass is 35.5. The van der Waals surface area contributed by atoms with E-state index in [9.17, 15) is 0 Å². The molecule has 4 heterocycles. The molecule has 1 saturated heterocycles. The third-order valence-corrected chi connectivity index (χ3v) is 7.17. The van der Waals surface area contributed by atoms with E-state index in [0.717, 1.165) is 34.8 Å².